The molecule has 0 aromatic heterocycles. The van der Waals surface area contributed by atoms with Crippen LogP contribution in [-0.2, 0) is 40.5 Å². The highest BCUT2D eigenvalue weighted by molar-refractivity contribution is 8.83. The summed E-state index contributed by atoms with van der Waals surface area (Å²) in [5.74, 6) is 0. The number of hydrogen-bond acceptors (Lipinski definition) is 10. The van der Waals surface area contributed by atoms with Gasteiger partial charge in [-0.3, -0.25) is 18.2 Å². The van der Waals surface area contributed by atoms with E-state index in [-0.39, 0.29) is 13.8 Å². The lowest BCUT2D eigenvalue weighted by molar-refractivity contribution is 0.448. The molecule has 0 bridgehead atoms. The smallest absolute Gasteiger partial charge is 0.284 e. The highest BCUT2D eigenvalue weighted by Gasteiger charge is 2.58. The largest absolute Gasteiger partial charge is 0.298 e. The normalized spacial score (nSPS) is 15.7. The van der Waals surface area contributed by atoms with Gasteiger partial charge in [0.15, 0.2) is 0 Å². The van der Waals surface area contributed by atoms with Crippen LogP contribution in [0.2, 0.25) is 0 Å². The minimum absolute atomic E-state index is 0.226. The third-order valence-electron chi connectivity index (χ3n) is 2.22. The minimum Gasteiger partial charge on any atom is -0.284 e. The Labute approximate surface area is 134 Å². The molecule has 0 amide bonds. The Hall–Kier alpha value is 0.340. The summed E-state index contributed by atoms with van der Waals surface area (Å²) in [5, 5.41) is 0. The molecule has 0 unspecified atom stereocenters. The van der Waals surface area contributed by atoms with E-state index in [2.05, 4.69) is 0 Å². The Kier molecular flexibility index (Phi) is 6.10. The maximum absolute atomic E-state index is 11.1. The highest BCUT2D eigenvalue weighted by Crippen LogP contribution is 2.51. The van der Waals surface area contributed by atoms with Gasteiger partial charge in [0.2, 0.25) is 0 Å². The van der Waals surface area contributed by atoms with Gasteiger partial charge in [0.05, 0.1) is 0 Å². The van der Waals surface area contributed by atoms with Crippen LogP contribution in [0.4, 0.5) is 0 Å². The maximum Gasteiger partial charge on any atom is 0.298 e. The maximum atomic E-state index is 11.1. The number of rotatable bonds is 7. The zero-order valence-corrected chi connectivity index (χ0v) is 15.4. The van der Waals surface area contributed by atoms with Crippen molar-refractivity contribution in [3.8, 4) is 0 Å². The predicted octanol–water partition coefficient (Wildman–Crippen LogP) is -0.734. The average Bonchev–Trinajstić information content (AvgIpc) is 2.18. The van der Waals surface area contributed by atoms with Crippen molar-refractivity contribution in [3.05, 3.63) is 0 Å². The second kappa shape index (κ2) is 6.01. The van der Waals surface area contributed by atoms with Gasteiger partial charge in [0, 0.05) is 0 Å². The third kappa shape index (κ3) is 4.05. The Bertz CT molecular complexity index is 705. The van der Waals surface area contributed by atoms with Gasteiger partial charge < -0.3 is 0 Å². The summed E-state index contributed by atoms with van der Waals surface area (Å²) in [5.41, 5.74) is 0. The van der Waals surface area contributed by atoms with Gasteiger partial charge in [0.1, 0.15) is 0 Å². The Morgan fingerprint density at radius 2 is 0.682 bits per heavy atom. The SMILES string of the molecule is CC(SSC(C)(S(=O)(=O)O)S(=O)(=O)O)(S(=O)(=O)O)S(=O)(=O)O. The molecule has 0 aromatic rings. The summed E-state index contributed by atoms with van der Waals surface area (Å²) in [7, 11) is -23.6. The molecule has 0 spiro atoms. The molecule has 0 aromatic carbocycles. The van der Waals surface area contributed by atoms with E-state index in [1.165, 1.54) is 0 Å². The van der Waals surface area contributed by atoms with Crippen molar-refractivity contribution in [2.45, 2.75) is 20.7 Å². The second-order valence-corrected chi connectivity index (χ2v) is 15.4. The number of hydrogen-bond donors (Lipinski definition) is 4. The quantitative estimate of drug-likeness (QED) is 0.282. The average molecular weight is 443 g/mol. The summed E-state index contributed by atoms with van der Waals surface area (Å²) >= 11 is 0. The van der Waals surface area contributed by atoms with Crippen molar-refractivity contribution in [2.24, 2.45) is 0 Å². The molecular weight excluding hydrogens is 432 g/mol. The molecular formula is C4H10O12S6. The summed E-state index contributed by atoms with van der Waals surface area (Å²) in [4.78, 5) is 0. The van der Waals surface area contributed by atoms with Crippen LogP contribution in [0.5, 0.6) is 0 Å². The molecule has 0 fully saturated rings. The van der Waals surface area contributed by atoms with E-state index < -0.39 is 68.9 Å². The van der Waals surface area contributed by atoms with E-state index in [1.54, 1.807) is 0 Å². The molecule has 0 aliphatic heterocycles. The lowest BCUT2D eigenvalue weighted by Gasteiger charge is -2.26. The van der Waals surface area contributed by atoms with Gasteiger partial charge in [-0.2, -0.15) is 33.7 Å². The van der Waals surface area contributed by atoms with Gasteiger partial charge in [-0.15, -0.1) is 0 Å². The first-order valence-corrected chi connectivity index (χ1v) is 12.4. The predicted molar refractivity (Wildman–Crippen MR) is 78.2 cm³/mol. The molecule has 4 N–H and O–H groups in total. The van der Waals surface area contributed by atoms with Crippen LogP contribution < -0.4 is 0 Å². The fourth-order valence-corrected chi connectivity index (χ4v) is 9.63. The lowest BCUT2D eigenvalue weighted by Crippen LogP contribution is -2.43. The minimum atomic E-state index is -5.58. The fraction of sp³-hybridized carbons (Fsp3) is 1.00. The lowest BCUT2D eigenvalue weighted by atomic mass is 10.9. The van der Waals surface area contributed by atoms with Crippen LogP contribution in [0, 0.1) is 0 Å². The van der Waals surface area contributed by atoms with E-state index in [0.717, 1.165) is 0 Å². The van der Waals surface area contributed by atoms with E-state index in [4.69, 9.17) is 18.2 Å². The summed E-state index contributed by atoms with van der Waals surface area (Å²) in [6.07, 6.45) is 0. The first kappa shape index (κ1) is 22.3. The van der Waals surface area contributed by atoms with Gasteiger partial charge >= 0.3 is 0 Å². The monoisotopic (exact) mass is 442 g/mol. The van der Waals surface area contributed by atoms with Gasteiger partial charge in [-0.25, -0.2) is 0 Å². The van der Waals surface area contributed by atoms with Crippen LogP contribution in [0.15, 0.2) is 0 Å². The zero-order chi connectivity index (χ0) is 18.4. The van der Waals surface area contributed by atoms with Gasteiger partial charge in [-0.05, 0) is 35.4 Å². The van der Waals surface area contributed by atoms with Crippen LogP contribution in [-0.4, -0.2) is 58.7 Å². The highest BCUT2D eigenvalue weighted by atomic mass is 33.1. The molecule has 0 aliphatic carbocycles. The molecule has 18 heteroatoms. The zero-order valence-electron chi connectivity index (χ0n) is 10.5. The van der Waals surface area contributed by atoms with Crippen LogP contribution >= 0.6 is 21.6 Å². The standard InChI is InChI=1S/C4H10O12S6/c1-3(19(5,6)7,20(8,9)10)17-18-4(2,21(11,12)13)22(14,15)16/h1-2H3,(H,5,6,7)(H,8,9,10)(H,11,12,13)(H,14,15,16). The molecule has 0 saturated heterocycles. The molecule has 0 aliphatic rings. The molecule has 0 heterocycles. The third-order valence-corrected chi connectivity index (χ3v) is 16.2. The summed E-state index contributed by atoms with van der Waals surface area (Å²) in [6.45, 7) is 0.452. The van der Waals surface area contributed by atoms with Crippen molar-refractivity contribution in [2.75, 3.05) is 0 Å². The fourth-order valence-electron chi connectivity index (χ4n) is 0.590. The van der Waals surface area contributed by atoms with Crippen LogP contribution in [0.3, 0.4) is 0 Å². The molecule has 0 rings (SSSR count). The molecule has 0 radical (unpaired) electrons. The van der Waals surface area contributed by atoms with Crippen LogP contribution in [0.25, 0.3) is 0 Å². The van der Waals surface area contributed by atoms with Crippen molar-refractivity contribution in [3.63, 3.8) is 0 Å². The van der Waals surface area contributed by atoms with E-state index in [0.29, 0.717) is 0 Å². The molecule has 12 nitrogen and oxygen atoms in total. The molecule has 22 heavy (non-hydrogen) atoms. The van der Waals surface area contributed by atoms with Gasteiger partial charge in [-0.1, -0.05) is 0 Å². The van der Waals surface area contributed by atoms with E-state index in [9.17, 15) is 33.7 Å². The molecule has 134 valence electrons. The van der Waals surface area contributed by atoms with Crippen molar-refractivity contribution < 1.29 is 51.9 Å². The van der Waals surface area contributed by atoms with Crippen molar-refractivity contribution in [1.82, 2.24) is 0 Å². The van der Waals surface area contributed by atoms with Crippen molar-refractivity contribution >= 4 is 62.1 Å². The molecule has 0 atom stereocenters. The summed E-state index contributed by atoms with van der Waals surface area (Å²) in [6, 6.07) is 0. The molecule has 0 saturated carbocycles. The summed E-state index contributed by atoms with van der Waals surface area (Å²) < 4.78 is 117. The Morgan fingerprint density at radius 1 is 0.545 bits per heavy atom. The van der Waals surface area contributed by atoms with Gasteiger partial charge in [0.25, 0.3) is 47.3 Å². The topological polar surface area (TPSA) is 217 Å². The van der Waals surface area contributed by atoms with Crippen LogP contribution in [0.1, 0.15) is 13.8 Å². The first-order valence-electron chi connectivity index (χ1n) is 4.46. The van der Waals surface area contributed by atoms with E-state index in [1.807, 2.05) is 0 Å². The Balaban J connectivity index is 6.17. The Morgan fingerprint density at radius 3 is 0.773 bits per heavy atom. The van der Waals surface area contributed by atoms with E-state index >= 15 is 0 Å². The first-order chi connectivity index (χ1) is 9.21. The van der Waals surface area contributed by atoms with Crippen molar-refractivity contribution in [1.29, 1.82) is 0 Å². The second-order valence-electron chi connectivity index (χ2n) is 3.79.